The van der Waals surface area contributed by atoms with Crippen molar-refractivity contribution in [2.45, 2.75) is 19.6 Å². The lowest BCUT2D eigenvalue weighted by molar-refractivity contribution is -0.0963. The molecule has 0 bridgehead atoms. The Kier molecular flexibility index (Phi) is 5.33. The molecule has 1 aliphatic heterocycles. The first-order valence-corrected chi connectivity index (χ1v) is 8.10. The molecular weight excluding hydrogens is 316 g/mol. The zero-order valence-corrected chi connectivity index (χ0v) is 14.2. The SMILES string of the molecule is Cc1oc(-c2ccc(Cl)cc2)nc1CN(C)C[C@H]1COCCO1. The van der Waals surface area contributed by atoms with Gasteiger partial charge in [-0.15, -0.1) is 0 Å². The van der Waals surface area contributed by atoms with Gasteiger partial charge in [-0.2, -0.15) is 0 Å². The van der Waals surface area contributed by atoms with Crippen LogP contribution in [0.3, 0.4) is 0 Å². The van der Waals surface area contributed by atoms with E-state index in [1.165, 1.54) is 0 Å². The molecule has 2 heterocycles. The summed E-state index contributed by atoms with van der Waals surface area (Å²) in [6.45, 7) is 5.47. The highest BCUT2D eigenvalue weighted by atomic mass is 35.5. The van der Waals surface area contributed by atoms with Crippen LogP contribution < -0.4 is 0 Å². The van der Waals surface area contributed by atoms with E-state index in [0.717, 1.165) is 23.6 Å². The molecule has 6 heteroatoms. The molecule has 23 heavy (non-hydrogen) atoms. The van der Waals surface area contributed by atoms with E-state index in [1.54, 1.807) is 0 Å². The molecule has 0 spiro atoms. The quantitative estimate of drug-likeness (QED) is 0.839. The smallest absolute Gasteiger partial charge is 0.226 e. The molecule has 124 valence electrons. The van der Waals surface area contributed by atoms with Gasteiger partial charge in [0.15, 0.2) is 0 Å². The summed E-state index contributed by atoms with van der Waals surface area (Å²) in [5.74, 6) is 1.46. The van der Waals surface area contributed by atoms with E-state index in [4.69, 9.17) is 25.5 Å². The number of rotatable bonds is 5. The second-order valence-electron chi connectivity index (χ2n) is 5.79. The van der Waals surface area contributed by atoms with Gasteiger partial charge in [0, 0.05) is 23.7 Å². The first-order valence-electron chi connectivity index (χ1n) is 7.72. The molecule has 1 atom stereocenters. The fourth-order valence-electron chi connectivity index (χ4n) is 2.60. The molecule has 0 saturated carbocycles. The first-order chi connectivity index (χ1) is 11.1. The maximum atomic E-state index is 5.92. The van der Waals surface area contributed by atoms with Gasteiger partial charge in [0.25, 0.3) is 0 Å². The van der Waals surface area contributed by atoms with Crippen LogP contribution in [0.25, 0.3) is 11.5 Å². The third-order valence-corrected chi connectivity index (χ3v) is 4.06. The second-order valence-corrected chi connectivity index (χ2v) is 6.23. The minimum atomic E-state index is 0.122. The second kappa shape index (κ2) is 7.45. The van der Waals surface area contributed by atoms with Crippen molar-refractivity contribution >= 4 is 11.6 Å². The first kappa shape index (κ1) is 16.5. The van der Waals surface area contributed by atoms with Crippen molar-refractivity contribution in [3.8, 4) is 11.5 Å². The van der Waals surface area contributed by atoms with Gasteiger partial charge in [0.2, 0.25) is 5.89 Å². The summed E-state index contributed by atoms with van der Waals surface area (Å²) >= 11 is 5.92. The molecule has 5 nitrogen and oxygen atoms in total. The van der Waals surface area contributed by atoms with Crippen molar-refractivity contribution < 1.29 is 13.9 Å². The van der Waals surface area contributed by atoms with Crippen LogP contribution in [0.4, 0.5) is 0 Å². The normalized spacial score (nSPS) is 18.5. The van der Waals surface area contributed by atoms with Crippen LogP contribution in [0.2, 0.25) is 5.02 Å². The van der Waals surface area contributed by atoms with E-state index in [0.29, 0.717) is 37.3 Å². The van der Waals surface area contributed by atoms with E-state index in [9.17, 15) is 0 Å². The largest absolute Gasteiger partial charge is 0.441 e. The predicted octanol–water partition coefficient (Wildman–Crippen LogP) is 3.15. The number of oxazole rings is 1. The highest BCUT2D eigenvalue weighted by Gasteiger charge is 2.18. The van der Waals surface area contributed by atoms with Gasteiger partial charge in [-0.1, -0.05) is 11.6 Å². The molecule has 0 N–H and O–H groups in total. The van der Waals surface area contributed by atoms with E-state index in [2.05, 4.69) is 9.88 Å². The molecule has 1 aromatic carbocycles. The molecule has 1 fully saturated rings. The fourth-order valence-corrected chi connectivity index (χ4v) is 2.73. The van der Waals surface area contributed by atoms with Crippen molar-refractivity contribution in [1.82, 2.24) is 9.88 Å². The van der Waals surface area contributed by atoms with E-state index < -0.39 is 0 Å². The molecular formula is C17H21ClN2O3. The molecule has 1 aliphatic rings. The van der Waals surface area contributed by atoms with Crippen LogP contribution in [0.15, 0.2) is 28.7 Å². The van der Waals surface area contributed by atoms with Gasteiger partial charge < -0.3 is 13.9 Å². The van der Waals surface area contributed by atoms with Crippen LogP contribution in [-0.2, 0) is 16.0 Å². The van der Waals surface area contributed by atoms with E-state index >= 15 is 0 Å². The number of hydrogen-bond acceptors (Lipinski definition) is 5. The minimum absolute atomic E-state index is 0.122. The van der Waals surface area contributed by atoms with Gasteiger partial charge in [-0.25, -0.2) is 4.98 Å². The number of likely N-dealkylation sites (N-methyl/N-ethyl adjacent to an activating group) is 1. The zero-order valence-electron chi connectivity index (χ0n) is 13.4. The minimum Gasteiger partial charge on any atom is -0.441 e. The highest BCUT2D eigenvalue weighted by Crippen LogP contribution is 2.24. The van der Waals surface area contributed by atoms with Crippen molar-refractivity contribution in [2.24, 2.45) is 0 Å². The standard InChI is InChI=1S/C17H21ClN2O3/c1-12-16(10-20(2)9-15-11-21-7-8-22-15)19-17(23-12)13-3-5-14(18)6-4-13/h3-6,15H,7-11H2,1-2H3/t15-/m0/s1. The number of aryl methyl sites for hydroxylation is 1. The number of ether oxygens (including phenoxy) is 2. The summed E-state index contributed by atoms with van der Waals surface area (Å²) in [6.07, 6.45) is 0.122. The summed E-state index contributed by atoms with van der Waals surface area (Å²) in [4.78, 5) is 6.80. The maximum Gasteiger partial charge on any atom is 0.226 e. The third-order valence-electron chi connectivity index (χ3n) is 3.80. The fraction of sp³-hybridized carbons (Fsp3) is 0.471. The van der Waals surface area contributed by atoms with E-state index in [1.807, 2.05) is 38.2 Å². The van der Waals surface area contributed by atoms with Gasteiger partial charge >= 0.3 is 0 Å². The Labute approximate surface area is 141 Å². The maximum absolute atomic E-state index is 5.92. The van der Waals surface area contributed by atoms with E-state index in [-0.39, 0.29) is 6.10 Å². The van der Waals surface area contributed by atoms with Crippen molar-refractivity contribution in [2.75, 3.05) is 33.4 Å². The lowest BCUT2D eigenvalue weighted by atomic mass is 10.2. The van der Waals surface area contributed by atoms with Gasteiger partial charge in [0.05, 0.1) is 31.6 Å². The average molecular weight is 337 g/mol. The lowest BCUT2D eigenvalue weighted by Crippen LogP contribution is -2.38. The molecule has 1 saturated heterocycles. The summed E-state index contributed by atoms with van der Waals surface area (Å²) in [5, 5.41) is 0.701. The van der Waals surface area contributed by atoms with Crippen molar-refractivity contribution in [1.29, 1.82) is 0 Å². The van der Waals surface area contributed by atoms with Crippen LogP contribution in [0.1, 0.15) is 11.5 Å². The molecule has 2 aromatic rings. The van der Waals surface area contributed by atoms with Crippen molar-refractivity contribution in [3.63, 3.8) is 0 Å². The van der Waals surface area contributed by atoms with Crippen LogP contribution in [-0.4, -0.2) is 49.4 Å². The van der Waals surface area contributed by atoms with Gasteiger partial charge in [0.1, 0.15) is 5.76 Å². The number of benzene rings is 1. The zero-order chi connectivity index (χ0) is 16.2. The Bertz CT molecular complexity index is 636. The summed E-state index contributed by atoms with van der Waals surface area (Å²) in [7, 11) is 2.05. The van der Waals surface area contributed by atoms with Gasteiger partial charge in [-0.3, -0.25) is 4.90 Å². The number of aromatic nitrogens is 1. The average Bonchev–Trinajstić information content (AvgIpc) is 2.90. The van der Waals surface area contributed by atoms with Crippen molar-refractivity contribution in [3.05, 3.63) is 40.7 Å². The Morgan fingerprint density at radius 1 is 1.26 bits per heavy atom. The van der Waals surface area contributed by atoms with Gasteiger partial charge in [-0.05, 0) is 38.2 Å². The van der Waals surface area contributed by atoms with Crippen LogP contribution in [0.5, 0.6) is 0 Å². The number of halogens is 1. The Hall–Kier alpha value is -1.40. The molecule has 0 radical (unpaired) electrons. The highest BCUT2D eigenvalue weighted by molar-refractivity contribution is 6.30. The number of nitrogens with zero attached hydrogens (tertiary/aromatic N) is 2. The van der Waals surface area contributed by atoms with Crippen LogP contribution in [0, 0.1) is 6.92 Å². The molecule has 0 unspecified atom stereocenters. The Balaban J connectivity index is 1.64. The summed E-state index contributed by atoms with van der Waals surface area (Å²) in [5.41, 5.74) is 1.87. The molecule has 3 rings (SSSR count). The number of hydrogen-bond donors (Lipinski definition) is 0. The topological polar surface area (TPSA) is 47.7 Å². The van der Waals surface area contributed by atoms with Crippen LogP contribution >= 0.6 is 11.6 Å². The molecule has 0 aliphatic carbocycles. The Morgan fingerprint density at radius 3 is 2.74 bits per heavy atom. The lowest BCUT2D eigenvalue weighted by Gasteiger charge is -2.27. The monoisotopic (exact) mass is 336 g/mol. The Morgan fingerprint density at radius 2 is 2.04 bits per heavy atom. The molecule has 1 aromatic heterocycles. The summed E-state index contributed by atoms with van der Waals surface area (Å²) in [6, 6.07) is 7.49. The summed E-state index contributed by atoms with van der Waals surface area (Å²) < 4.78 is 16.9. The third kappa shape index (κ3) is 4.32. The predicted molar refractivity (Wildman–Crippen MR) is 88.6 cm³/mol. The molecule has 0 amide bonds.